The third-order valence-corrected chi connectivity index (χ3v) is 4.38. The zero-order valence-corrected chi connectivity index (χ0v) is 13.0. The minimum atomic E-state index is -0.208. The predicted octanol–water partition coefficient (Wildman–Crippen LogP) is 2.21. The molecular weight excluding hydrogens is 264 g/mol. The van der Waals surface area contributed by atoms with E-state index in [0.29, 0.717) is 12.0 Å². The molecule has 2 unspecified atom stereocenters. The molecule has 1 fully saturated rings. The largest absolute Gasteiger partial charge is 0.393 e. The molecule has 0 amide bonds. The zero-order valence-electron chi connectivity index (χ0n) is 13.0. The summed E-state index contributed by atoms with van der Waals surface area (Å²) in [5.74, 6) is 0.408. The van der Waals surface area contributed by atoms with E-state index >= 15 is 0 Å². The lowest BCUT2D eigenvalue weighted by Crippen LogP contribution is -2.24. The molecule has 1 aliphatic rings. The van der Waals surface area contributed by atoms with Gasteiger partial charge in [-0.15, -0.1) is 0 Å². The van der Waals surface area contributed by atoms with Gasteiger partial charge < -0.3 is 5.11 Å². The molecule has 5 heteroatoms. The standard InChI is InChI=1S/C16H24N4O/c1-11(2)20-16-15(8-18-20)6-13(7-17-16)9-19-5-4-14(10-19)12(3)21/h6-8,11-12,14,21H,4-5,9-10H2,1-3H3. The van der Waals surface area contributed by atoms with Crippen molar-refractivity contribution < 1.29 is 5.11 Å². The number of fused-ring (bicyclic) bond motifs is 1. The second-order valence-corrected chi connectivity index (χ2v) is 6.46. The van der Waals surface area contributed by atoms with Crippen LogP contribution in [-0.4, -0.2) is 44.0 Å². The van der Waals surface area contributed by atoms with Gasteiger partial charge >= 0.3 is 0 Å². The summed E-state index contributed by atoms with van der Waals surface area (Å²) in [5.41, 5.74) is 2.18. The van der Waals surface area contributed by atoms with Crippen molar-refractivity contribution in [2.24, 2.45) is 5.92 Å². The number of aliphatic hydroxyl groups excluding tert-OH is 1. The maximum absolute atomic E-state index is 9.68. The topological polar surface area (TPSA) is 54.2 Å². The number of pyridine rings is 1. The summed E-state index contributed by atoms with van der Waals surface area (Å²) in [5, 5.41) is 15.2. The maximum atomic E-state index is 9.68. The highest BCUT2D eigenvalue weighted by atomic mass is 16.3. The van der Waals surface area contributed by atoms with Crippen molar-refractivity contribution in [1.29, 1.82) is 0 Å². The van der Waals surface area contributed by atoms with E-state index in [1.165, 1.54) is 5.56 Å². The molecule has 5 nitrogen and oxygen atoms in total. The van der Waals surface area contributed by atoms with Crippen LogP contribution in [0.3, 0.4) is 0 Å². The van der Waals surface area contributed by atoms with Gasteiger partial charge in [-0.1, -0.05) is 0 Å². The number of rotatable bonds is 4. The number of likely N-dealkylation sites (tertiary alicyclic amines) is 1. The molecule has 21 heavy (non-hydrogen) atoms. The molecule has 114 valence electrons. The molecule has 2 aromatic rings. The Bertz CT molecular complexity index is 620. The Labute approximate surface area is 125 Å². The van der Waals surface area contributed by atoms with Crippen molar-refractivity contribution in [2.75, 3.05) is 13.1 Å². The van der Waals surface area contributed by atoms with Gasteiger partial charge in [-0.05, 0) is 51.3 Å². The normalized spacial score (nSPS) is 21.5. The molecule has 0 saturated carbocycles. The van der Waals surface area contributed by atoms with E-state index in [0.717, 1.165) is 37.1 Å². The van der Waals surface area contributed by atoms with Crippen LogP contribution >= 0.6 is 0 Å². The van der Waals surface area contributed by atoms with Gasteiger partial charge in [0.05, 0.1) is 12.3 Å². The van der Waals surface area contributed by atoms with Gasteiger partial charge in [-0.25, -0.2) is 9.67 Å². The fourth-order valence-corrected chi connectivity index (χ4v) is 3.11. The summed E-state index contributed by atoms with van der Waals surface area (Å²) in [4.78, 5) is 6.98. The lowest BCUT2D eigenvalue weighted by molar-refractivity contribution is 0.127. The molecule has 1 aliphatic heterocycles. The van der Waals surface area contributed by atoms with Crippen LogP contribution < -0.4 is 0 Å². The lowest BCUT2D eigenvalue weighted by Gasteiger charge is -2.17. The van der Waals surface area contributed by atoms with E-state index in [1.807, 2.05) is 24.0 Å². The van der Waals surface area contributed by atoms with Crippen molar-refractivity contribution in [3.8, 4) is 0 Å². The van der Waals surface area contributed by atoms with Gasteiger partial charge in [0.2, 0.25) is 0 Å². The molecule has 1 N–H and O–H groups in total. The van der Waals surface area contributed by atoms with E-state index in [4.69, 9.17) is 0 Å². The SMILES string of the molecule is CC(O)C1CCN(Cc2cnc3c(cnn3C(C)C)c2)C1. The zero-order chi connectivity index (χ0) is 15.0. The fourth-order valence-electron chi connectivity index (χ4n) is 3.11. The summed E-state index contributed by atoms with van der Waals surface area (Å²) in [6.07, 6.45) is 4.73. The minimum Gasteiger partial charge on any atom is -0.393 e. The van der Waals surface area contributed by atoms with E-state index in [2.05, 4.69) is 34.9 Å². The Morgan fingerprint density at radius 2 is 2.14 bits per heavy atom. The smallest absolute Gasteiger partial charge is 0.157 e. The number of nitrogens with zero attached hydrogens (tertiary/aromatic N) is 4. The van der Waals surface area contributed by atoms with E-state index in [9.17, 15) is 5.11 Å². The van der Waals surface area contributed by atoms with Crippen LogP contribution in [0.1, 0.15) is 38.8 Å². The van der Waals surface area contributed by atoms with E-state index < -0.39 is 0 Å². The van der Waals surface area contributed by atoms with E-state index in [-0.39, 0.29) is 6.10 Å². The molecule has 2 atom stereocenters. The molecule has 3 heterocycles. The summed E-state index contributed by atoms with van der Waals surface area (Å²) in [6, 6.07) is 2.51. The molecule has 0 bridgehead atoms. The first kappa shape index (κ1) is 14.5. The van der Waals surface area contributed by atoms with E-state index in [1.54, 1.807) is 0 Å². The van der Waals surface area contributed by atoms with Crippen molar-refractivity contribution in [3.63, 3.8) is 0 Å². The quantitative estimate of drug-likeness (QED) is 0.937. The van der Waals surface area contributed by atoms with Crippen molar-refractivity contribution in [1.82, 2.24) is 19.7 Å². The van der Waals surface area contributed by atoms with Crippen LogP contribution in [-0.2, 0) is 6.54 Å². The summed E-state index contributed by atoms with van der Waals surface area (Å²) >= 11 is 0. The second-order valence-electron chi connectivity index (χ2n) is 6.46. The number of aromatic nitrogens is 3. The Morgan fingerprint density at radius 3 is 2.81 bits per heavy atom. The van der Waals surface area contributed by atoms with Crippen LogP contribution in [0, 0.1) is 5.92 Å². The molecule has 1 saturated heterocycles. The first-order valence-electron chi connectivity index (χ1n) is 7.77. The van der Waals surface area contributed by atoms with Crippen molar-refractivity contribution >= 4 is 11.0 Å². The Kier molecular flexibility index (Phi) is 3.95. The van der Waals surface area contributed by atoms with Crippen molar-refractivity contribution in [3.05, 3.63) is 24.0 Å². The van der Waals surface area contributed by atoms with Gasteiger partial charge in [-0.2, -0.15) is 5.10 Å². The molecule has 0 spiro atoms. The Hall–Kier alpha value is -1.46. The van der Waals surface area contributed by atoms with Crippen molar-refractivity contribution in [2.45, 2.75) is 45.9 Å². The summed E-state index contributed by atoms with van der Waals surface area (Å²) in [6.45, 7) is 9.05. The highest BCUT2D eigenvalue weighted by Gasteiger charge is 2.25. The van der Waals surface area contributed by atoms with Gasteiger partial charge in [0.15, 0.2) is 5.65 Å². The van der Waals surface area contributed by atoms with Gasteiger partial charge in [0.1, 0.15) is 0 Å². The monoisotopic (exact) mass is 288 g/mol. The summed E-state index contributed by atoms with van der Waals surface area (Å²) in [7, 11) is 0. The fraction of sp³-hybridized carbons (Fsp3) is 0.625. The maximum Gasteiger partial charge on any atom is 0.157 e. The third-order valence-electron chi connectivity index (χ3n) is 4.38. The first-order chi connectivity index (χ1) is 10.0. The highest BCUT2D eigenvalue weighted by molar-refractivity contribution is 5.75. The Morgan fingerprint density at radius 1 is 1.33 bits per heavy atom. The molecular formula is C16H24N4O. The molecule has 0 aliphatic carbocycles. The first-order valence-corrected chi connectivity index (χ1v) is 7.77. The number of aliphatic hydroxyl groups is 1. The summed E-state index contributed by atoms with van der Waals surface area (Å²) < 4.78 is 1.96. The van der Waals surface area contributed by atoms with Gasteiger partial charge in [0, 0.05) is 30.7 Å². The lowest BCUT2D eigenvalue weighted by atomic mass is 10.0. The van der Waals surface area contributed by atoms with Crippen LogP contribution in [0.4, 0.5) is 0 Å². The minimum absolute atomic E-state index is 0.208. The highest BCUT2D eigenvalue weighted by Crippen LogP contribution is 2.23. The van der Waals surface area contributed by atoms with Crippen LogP contribution in [0.5, 0.6) is 0 Å². The molecule has 3 rings (SSSR count). The number of hydrogen-bond donors (Lipinski definition) is 1. The third kappa shape index (κ3) is 2.94. The molecule has 0 radical (unpaired) electrons. The average Bonchev–Trinajstić information content (AvgIpc) is 3.04. The number of hydrogen-bond acceptors (Lipinski definition) is 4. The predicted molar refractivity (Wildman–Crippen MR) is 83.0 cm³/mol. The molecule has 2 aromatic heterocycles. The van der Waals surface area contributed by atoms with Gasteiger partial charge in [0.25, 0.3) is 0 Å². The van der Waals surface area contributed by atoms with Crippen LogP contribution in [0.2, 0.25) is 0 Å². The molecule has 0 aromatic carbocycles. The average molecular weight is 288 g/mol. The second kappa shape index (κ2) is 5.73. The van der Waals surface area contributed by atoms with Gasteiger partial charge in [-0.3, -0.25) is 4.90 Å². The Balaban J connectivity index is 1.74. The van der Waals surface area contributed by atoms with Crippen LogP contribution in [0.25, 0.3) is 11.0 Å². The van der Waals surface area contributed by atoms with Crippen LogP contribution in [0.15, 0.2) is 18.5 Å².